The first-order valence-corrected chi connectivity index (χ1v) is 7.82. The molecule has 20 heavy (non-hydrogen) atoms. The molecule has 2 aliphatic rings. The predicted molar refractivity (Wildman–Crippen MR) is 80.6 cm³/mol. The topological polar surface area (TPSA) is 41.1 Å². The van der Waals surface area contributed by atoms with E-state index in [-0.39, 0.29) is 11.3 Å². The molecule has 2 N–H and O–H groups in total. The highest BCUT2D eigenvalue weighted by molar-refractivity contribution is 6.30. The number of carbonyl (C=O) groups is 1. The third kappa shape index (κ3) is 2.57. The number of carbonyl (C=O) groups excluding carboxylic acids is 1. The Morgan fingerprint density at radius 3 is 2.95 bits per heavy atom. The molecule has 108 valence electrons. The van der Waals surface area contributed by atoms with Crippen LogP contribution in [0.2, 0.25) is 5.02 Å². The molecule has 2 fully saturated rings. The molecule has 1 amide bonds. The number of hydrogen-bond acceptors (Lipinski definition) is 2. The molecule has 4 heteroatoms. The zero-order valence-corrected chi connectivity index (χ0v) is 12.4. The maximum Gasteiger partial charge on any atom is 0.228 e. The van der Waals surface area contributed by atoms with Crippen molar-refractivity contribution in [3.63, 3.8) is 0 Å². The van der Waals surface area contributed by atoms with Crippen LogP contribution in [-0.2, 0) is 11.3 Å². The number of amides is 1. The number of hydrogen-bond donors (Lipinski definition) is 2. The Morgan fingerprint density at radius 1 is 1.35 bits per heavy atom. The van der Waals surface area contributed by atoms with Crippen LogP contribution >= 0.6 is 11.6 Å². The van der Waals surface area contributed by atoms with Gasteiger partial charge in [0, 0.05) is 18.1 Å². The van der Waals surface area contributed by atoms with Crippen LogP contribution in [0.3, 0.4) is 0 Å². The summed E-state index contributed by atoms with van der Waals surface area (Å²) in [6.07, 6.45) is 4.64. The number of benzene rings is 1. The van der Waals surface area contributed by atoms with Crippen LogP contribution in [-0.4, -0.2) is 19.0 Å². The fourth-order valence-electron chi connectivity index (χ4n) is 3.65. The monoisotopic (exact) mass is 292 g/mol. The normalized spacial score (nSPS) is 28.9. The molecule has 0 bridgehead atoms. The number of rotatable bonds is 3. The molecule has 2 atom stereocenters. The van der Waals surface area contributed by atoms with Gasteiger partial charge in [-0.15, -0.1) is 0 Å². The van der Waals surface area contributed by atoms with Gasteiger partial charge in [-0.3, -0.25) is 4.79 Å². The van der Waals surface area contributed by atoms with Crippen molar-refractivity contribution in [2.24, 2.45) is 11.3 Å². The molecular formula is C16H21ClN2O. The van der Waals surface area contributed by atoms with E-state index in [4.69, 9.17) is 11.6 Å². The quantitative estimate of drug-likeness (QED) is 0.899. The number of nitrogens with one attached hydrogen (secondary N) is 2. The molecule has 0 spiro atoms. The van der Waals surface area contributed by atoms with Crippen molar-refractivity contribution < 1.29 is 4.79 Å². The second kappa shape index (κ2) is 5.74. The number of halogens is 1. The predicted octanol–water partition coefficient (Wildman–Crippen LogP) is 2.74. The van der Waals surface area contributed by atoms with Crippen LogP contribution in [0, 0.1) is 11.3 Å². The summed E-state index contributed by atoms with van der Waals surface area (Å²) in [5.74, 6) is 0.739. The summed E-state index contributed by atoms with van der Waals surface area (Å²) < 4.78 is 0. The second-order valence-corrected chi connectivity index (χ2v) is 6.48. The molecule has 1 aliphatic carbocycles. The minimum absolute atomic E-state index is 0.162. The highest BCUT2D eigenvalue weighted by Crippen LogP contribution is 2.43. The Bertz CT molecular complexity index is 488. The first-order valence-electron chi connectivity index (χ1n) is 7.44. The zero-order chi connectivity index (χ0) is 14.0. The molecule has 1 saturated heterocycles. The lowest BCUT2D eigenvalue weighted by Crippen LogP contribution is -2.47. The summed E-state index contributed by atoms with van der Waals surface area (Å²) in [7, 11) is 0. The second-order valence-electron chi connectivity index (χ2n) is 6.04. The maximum atomic E-state index is 12.7. The standard InChI is InChI=1S/C16H21ClN2O/c17-14-6-4-12(5-7-14)9-19-15(20)16-8-2-1-3-13(16)10-18-11-16/h4-7,13,18H,1-3,8-11H2,(H,19,20)/t13-,16+/m0/s1. The van der Waals surface area contributed by atoms with Crippen molar-refractivity contribution >= 4 is 17.5 Å². The van der Waals surface area contributed by atoms with Gasteiger partial charge in [0.05, 0.1) is 5.41 Å². The fourth-order valence-corrected chi connectivity index (χ4v) is 3.78. The summed E-state index contributed by atoms with van der Waals surface area (Å²) in [6, 6.07) is 7.65. The van der Waals surface area contributed by atoms with Crippen LogP contribution in [0.15, 0.2) is 24.3 Å². The minimum Gasteiger partial charge on any atom is -0.351 e. The van der Waals surface area contributed by atoms with Crippen molar-refractivity contribution in [2.75, 3.05) is 13.1 Å². The summed E-state index contributed by atoms with van der Waals surface area (Å²) in [5.41, 5.74) is 0.933. The highest BCUT2D eigenvalue weighted by atomic mass is 35.5. The molecule has 0 unspecified atom stereocenters. The lowest BCUT2D eigenvalue weighted by atomic mass is 9.67. The Morgan fingerprint density at radius 2 is 2.15 bits per heavy atom. The van der Waals surface area contributed by atoms with Gasteiger partial charge in [0.2, 0.25) is 5.91 Å². The smallest absolute Gasteiger partial charge is 0.228 e. The largest absolute Gasteiger partial charge is 0.351 e. The van der Waals surface area contributed by atoms with Gasteiger partial charge < -0.3 is 10.6 Å². The van der Waals surface area contributed by atoms with E-state index in [1.165, 1.54) is 19.3 Å². The van der Waals surface area contributed by atoms with E-state index < -0.39 is 0 Å². The van der Waals surface area contributed by atoms with Crippen LogP contribution < -0.4 is 10.6 Å². The van der Waals surface area contributed by atoms with Crippen molar-refractivity contribution in [1.82, 2.24) is 10.6 Å². The summed E-state index contributed by atoms with van der Waals surface area (Å²) in [5, 5.41) is 7.27. The Balaban J connectivity index is 1.65. The average molecular weight is 293 g/mol. The van der Waals surface area contributed by atoms with E-state index in [1.807, 2.05) is 24.3 Å². The molecule has 1 heterocycles. The van der Waals surface area contributed by atoms with E-state index in [0.29, 0.717) is 12.5 Å². The minimum atomic E-state index is -0.162. The Kier molecular flexibility index (Phi) is 3.99. The molecular weight excluding hydrogens is 272 g/mol. The Labute approximate surface area is 125 Å². The van der Waals surface area contributed by atoms with Crippen LogP contribution in [0.4, 0.5) is 0 Å². The van der Waals surface area contributed by atoms with Crippen LogP contribution in [0.1, 0.15) is 31.2 Å². The van der Waals surface area contributed by atoms with Gasteiger partial charge in [-0.05, 0) is 43.0 Å². The van der Waals surface area contributed by atoms with E-state index in [9.17, 15) is 4.79 Å². The zero-order valence-electron chi connectivity index (χ0n) is 11.6. The molecule has 0 aromatic heterocycles. The average Bonchev–Trinajstić information content (AvgIpc) is 2.91. The van der Waals surface area contributed by atoms with Crippen molar-refractivity contribution in [3.05, 3.63) is 34.9 Å². The van der Waals surface area contributed by atoms with Crippen molar-refractivity contribution in [1.29, 1.82) is 0 Å². The van der Waals surface area contributed by atoms with Gasteiger partial charge in [-0.25, -0.2) is 0 Å². The first-order chi connectivity index (χ1) is 9.71. The molecule has 1 saturated carbocycles. The molecule has 3 nitrogen and oxygen atoms in total. The third-order valence-corrected chi connectivity index (χ3v) is 5.11. The van der Waals surface area contributed by atoms with Crippen LogP contribution in [0.25, 0.3) is 0 Å². The number of fused-ring (bicyclic) bond motifs is 1. The summed E-state index contributed by atoms with van der Waals surface area (Å²) in [6.45, 7) is 2.42. The lowest BCUT2D eigenvalue weighted by Gasteiger charge is -2.37. The maximum absolute atomic E-state index is 12.7. The van der Waals surface area contributed by atoms with Gasteiger partial charge in [0.1, 0.15) is 0 Å². The first kappa shape index (κ1) is 13.9. The molecule has 0 radical (unpaired) electrons. The lowest BCUT2D eigenvalue weighted by molar-refractivity contribution is -0.134. The van der Waals surface area contributed by atoms with Gasteiger partial charge in [-0.2, -0.15) is 0 Å². The van der Waals surface area contributed by atoms with Crippen molar-refractivity contribution in [2.45, 2.75) is 32.2 Å². The van der Waals surface area contributed by atoms with E-state index in [1.54, 1.807) is 0 Å². The Hall–Kier alpha value is -1.06. The summed E-state index contributed by atoms with van der Waals surface area (Å²) in [4.78, 5) is 12.7. The fraction of sp³-hybridized carbons (Fsp3) is 0.562. The van der Waals surface area contributed by atoms with Gasteiger partial charge >= 0.3 is 0 Å². The van der Waals surface area contributed by atoms with E-state index >= 15 is 0 Å². The SMILES string of the molecule is O=C(NCc1ccc(Cl)cc1)[C@@]12CCCC[C@H]1CNC2. The summed E-state index contributed by atoms with van der Waals surface area (Å²) >= 11 is 5.87. The van der Waals surface area contributed by atoms with Gasteiger partial charge in [0.25, 0.3) is 0 Å². The molecule has 1 aliphatic heterocycles. The van der Waals surface area contributed by atoms with Gasteiger partial charge in [-0.1, -0.05) is 36.6 Å². The van der Waals surface area contributed by atoms with Crippen molar-refractivity contribution in [3.8, 4) is 0 Å². The third-order valence-electron chi connectivity index (χ3n) is 4.86. The van der Waals surface area contributed by atoms with E-state index in [2.05, 4.69) is 10.6 Å². The molecule has 1 aromatic carbocycles. The van der Waals surface area contributed by atoms with Crippen LogP contribution in [0.5, 0.6) is 0 Å². The molecule has 3 rings (SSSR count). The molecule has 1 aromatic rings. The van der Waals surface area contributed by atoms with Gasteiger partial charge in [0.15, 0.2) is 0 Å². The van der Waals surface area contributed by atoms with E-state index in [0.717, 1.165) is 30.1 Å². The highest BCUT2D eigenvalue weighted by Gasteiger charge is 2.49.